The maximum Gasteiger partial charge on any atom is 0.151 e. The van der Waals surface area contributed by atoms with Gasteiger partial charge in [-0.15, -0.1) is 0 Å². The number of para-hydroxylation sites is 2. The second-order valence-electron chi connectivity index (χ2n) is 14.6. The van der Waals surface area contributed by atoms with Crippen molar-refractivity contribution in [3.05, 3.63) is 193 Å². The number of ether oxygens (including phenoxy) is 1. The summed E-state index contributed by atoms with van der Waals surface area (Å²) in [4.78, 5) is 4.85. The van der Waals surface area contributed by atoms with Crippen LogP contribution in [0.2, 0.25) is 0 Å². The molecule has 0 amide bonds. The summed E-state index contributed by atoms with van der Waals surface area (Å²) in [6.45, 7) is 6.89. The minimum absolute atomic E-state index is 0.296. The number of hydrogen-bond acceptors (Lipinski definition) is 3. The summed E-state index contributed by atoms with van der Waals surface area (Å²) in [5.41, 5.74) is 15.1. The van der Waals surface area contributed by atoms with Gasteiger partial charge in [0.1, 0.15) is 0 Å². The van der Waals surface area contributed by atoms with Gasteiger partial charge in [0.25, 0.3) is 0 Å². The Morgan fingerprint density at radius 3 is 2.04 bits per heavy atom. The number of anilines is 6. The van der Waals surface area contributed by atoms with Crippen LogP contribution < -0.4 is 14.5 Å². The quantitative estimate of drug-likeness (QED) is 0.180. The summed E-state index contributed by atoms with van der Waals surface area (Å²) in [6.07, 6.45) is 0. The molecule has 2 aliphatic rings. The fourth-order valence-corrected chi connectivity index (χ4v) is 8.65. The highest BCUT2D eigenvalue weighted by molar-refractivity contribution is 6.00. The van der Waals surface area contributed by atoms with Gasteiger partial charge < -0.3 is 14.5 Å². The van der Waals surface area contributed by atoms with Crippen molar-refractivity contribution in [2.24, 2.45) is 0 Å². The van der Waals surface area contributed by atoms with Crippen LogP contribution >= 0.6 is 0 Å². The lowest BCUT2D eigenvalue weighted by Gasteiger charge is -2.46. The molecule has 0 radical (unpaired) electrons. The molecule has 8 aromatic carbocycles. The monoisotopic (exact) mass is 682 g/mol. The van der Waals surface area contributed by atoms with E-state index in [0.29, 0.717) is 0 Å². The molecule has 254 valence electrons. The average molecular weight is 683 g/mol. The second-order valence-corrected chi connectivity index (χ2v) is 14.6. The van der Waals surface area contributed by atoms with Crippen molar-refractivity contribution in [3.8, 4) is 33.8 Å². The van der Waals surface area contributed by atoms with Crippen LogP contribution in [0.25, 0.3) is 33.0 Å². The van der Waals surface area contributed by atoms with E-state index in [1.54, 1.807) is 0 Å². The topological polar surface area (TPSA) is 15.7 Å². The highest BCUT2D eigenvalue weighted by Gasteiger charge is 2.43. The van der Waals surface area contributed by atoms with Crippen LogP contribution in [0.4, 0.5) is 34.1 Å². The zero-order chi connectivity index (χ0) is 35.7. The molecule has 0 spiro atoms. The number of rotatable bonds is 5. The molecule has 53 heavy (non-hydrogen) atoms. The lowest BCUT2D eigenvalue weighted by atomic mass is 9.70. The fraction of sp³-hybridized carbons (Fsp3) is 0.0800. The third-order valence-electron chi connectivity index (χ3n) is 11.1. The van der Waals surface area contributed by atoms with Crippen LogP contribution in [-0.4, -0.2) is 0 Å². The highest BCUT2D eigenvalue weighted by atomic mass is 16.5. The van der Waals surface area contributed by atoms with Crippen molar-refractivity contribution in [3.63, 3.8) is 0 Å². The predicted octanol–water partition coefficient (Wildman–Crippen LogP) is 14.2. The van der Waals surface area contributed by atoms with Crippen molar-refractivity contribution in [1.29, 1.82) is 0 Å². The molecular weight excluding hydrogens is 645 g/mol. The molecule has 10 rings (SSSR count). The first-order chi connectivity index (χ1) is 26.0. The first kappa shape index (κ1) is 31.2. The molecule has 0 saturated carbocycles. The van der Waals surface area contributed by atoms with Gasteiger partial charge in [-0.05, 0) is 99.8 Å². The van der Waals surface area contributed by atoms with E-state index in [1.807, 2.05) is 0 Å². The molecule has 0 saturated heterocycles. The summed E-state index contributed by atoms with van der Waals surface area (Å²) >= 11 is 0. The first-order valence-corrected chi connectivity index (χ1v) is 18.4. The molecule has 0 N–H and O–H groups in total. The Morgan fingerprint density at radius 1 is 0.528 bits per heavy atom. The molecule has 2 aliphatic heterocycles. The van der Waals surface area contributed by atoms with Gasteiger partial charge in [-0.2, -0.15) is 0 Å². The fourth-order valence-electron chi connectivity index (χ4n) is 8.65. The molecule has 0 fully saturated rings. The van der Waals surface area contributed by atoms with E-state index in [4.69, 9.17) is 4.74 Å². The van der Waals surface area contributed by atoms with Gasteiger partial charge >= 0.3 is 0 Å². The SMILES string of the molecule is Cc1cccc2c1N1c3cccc(-c4cccc(N(c5ccc(-c6ccccc6)cc5)c5cccc6ccccc56)c4)c3C(C)(C)c3cccc(c31)O2. The summed E-state index contributed by atoms with van der Waals surface area (Å²) < 4.78 is 6.57. The number of aryl methyl sites for hydroxylation is 1. The maximum absolute atomic E-state index is 6.57. The largest absolute Gasteiger partial charge is 0.453 e. The van der Waals surface area contributed by atoms with E-state index in [2.05, 4.69) is 206 Å². The average Bonchev–Trinajstić information content (AvgIpc) is 3.20. The van der Waals surface area contributed by atoms with Crippen LogP contribution in [0.5, 0.6) is 11.5 Å². The van der Waals surface area contributed by atoms with Crippen LogP contribution in [0.1, 0.15) is 30.5 Å². The smallest absolute Gasteiger partial charge is 0.151 e. The second kappa shape index (κ2) is 12.0. The van der Waals surface area contributed by atoms with Crippen molar-refractivity contribution in [2.75, 3.05) is 9.80 Å². The van der Waals surface area contributed by atoms with Gasteiger partial charge in [0.05, 0.1) is 22.7 Å². The Balaban J connectivity index is 1.17. The van der Waals surface area contributed by atoms with E-state index >= 15 is 0 Å². The van der Waals surface area contributed by atoms with Crippen molar-refractivity contribution in [1.82, 2.24) is 0 Å². The summed E-state index contributed by atoms with van der Waals surface area (Å²) in [7, 11) is 0. The Morgan fingerprint density at radius 2 is 1.19 bits per heavy atom. The molecule has 0 bridgehead atoms. The molecule has 0 atom stereocenters. The molecule has 8 aromatic rings. The lowest BCUT2D eigenvalue weighted by Crippen LogP contribution is -2.33. The number of fused-ring (bicyclic) bond motifs is 5. The molecular formula is C50H38N2O. The minimum Gasteiger partial charge on any atom is -0.453 e. The Bertz CT molecular complexity index is 2690. The molecule has 2 heterocycles. The molecule has 3 heteroatoms. The zero-order valence-corrected chi connectivity index (χ0v) is 30.0. The Hall–Kier alpha value is -6.58. The Kier molecular flexibility index (Phi) is 7.06. The lowest BCUT2D eigenvalue weighted by molar-refractivity contribution is 0.471. The normalized spacial score (nSPS) is 13.5. The third-order valence-corrected chi connectivity index (χ3v) is 11.1. The molecule has 0 aliphatic carbocycles. The summed E-state index contributed by atoms with van der Waals surface area (Å²) in [6, 6.07) is 63.5. The van der Waals surface area contributed by atoms with Gasteiger partial charge in [0.15, 0.2) is 11.5 Å². The predicted molar refractivity (Wildman–Crippen MR) is 221 cm³/mol. The van der Waals surface area contributed by atoms with Crippen molar-refractivity contribution in [2.45, 2.75) is 26.2 Å². The van der Waals surface area contributed by atoms with Crippen LogP contribution in [0.3, 0.4) is 0 Å². The maximum atomic E-state index is 6.57. The van der Waals surface area contributed by atoms with Crippen molar-refractivity contribution >= 4 is 44.9 Å². The van der Waals surface area contributed by atoms with Gasteiger partial charge in [-0.3, -0.25) is 0 Å². The molecule has 0 aromatic heterocycles. The Labute approximate surface area is 311 Å². The van der Waals surface area contributed by atoms with E-state index in [0.717, 1.165) is 39.9 Å². The third kappa shape index (κ3) is 4.88. The number of benzene rings is 8. The number of hydrogen-bond donors (Lipinski definition) is 0. The summed E-state index contributed by atoms with van der Waals surface area (Å²) in [5, 5.41) is 2.42. The zero-order valence-electron chi connectivity index (χ0n) is 30.0. The van der Waals surface area contributed by atoms with E-state index in [1.165, 1.54) is 55.4 Å². The van der Waals surface area contributed by atoms with E-state index in [9.17, 15) is 0 Å². The van der Waals surface area contributed by atoms with Crippen LogP contribution in [0.15, 0.2) is 176 Å². The minimum atomic E-state index is -0.296. The van der Waals surface area contributed by atoms with Crippen LogP contribution in [-0.2, 0) is 5.41 Å². The van der Waals surface area contributed by atoms with Gasteiger partial charge in [-0.1, -0.05) is 141 Å². The molecule has 3 nitrogen and oxygen atoms in total. The van der Waals surface area contributed by atoms with Crippen LogP contribution in [0, 0.1) is 6.92 Å². The number of nitrogens with zero attached hydrogens (tertiary/aromatic N) is 2. The first-order valence-electron chi connectivity index (χ1n) is 18.4. The van der Waals surface area contributed by atoms with Gasteiger partial charge in [0, 0.05) is 22.2 Å². The van der Waals surface area contributed by atoms with E-state index in [-0.39, 0.29) is 5.41 Å². The molecule has 0 unspecified atom stereocenters. The standard InChI is InChI=1S/C50H38N2O/c1-33-14-9-26-45-48(33)52-44-25-12-22-41(47(44)50(2,3)42-23-13-27-46(53-45)49(42)52)37-19-10-20-39(32-37)51(43-24-11-18-36-17-7-8-21-40(36)43)38-30-28-35(29-31-38)34-15-5-4-6-16-34/h4-32H,1-3H3. The van der Waals surface area contributed by atoms with E-state index < -0.39 is 0 Å². The van der Waals surface area contributed by atoms with Crippen molar-refractivity contribution < 1.29 is 4.74 Å². The summed E-state index contributed by atoms with van der Waals surface area (Å²) in [5.74, 6) is 1.78. The van der Waals surface area contributed by atoms with Gasteiger partial charge in [-0.25, -0.2) is 0 Å². The highest BCUT2D eigenvalue weighted by Crippen LogP contribution is 2.61. The van der Waals surface area contributed by atoms with Gasteiger partial charge in [0.2, 0.25) is 0 Å².